The second-order valence-electron chi connectivity index (χ2n) is 19.1. The highest BCUT2D eigenvalue weighted by atomic mass is 19.1. The van der Waals surface area contributed by atoms with Crippen LogP contribution in [0.2, 0.25) is 0 Å². The van der Waals surface area contributed by atoms with E-state index in [2.05, 4.69) is 33.0 Å². The molecule has 0 aromatic heterocycles. The van der Waals surface area contributed by atoms with Crippen LogP contribution in [0.3, 0.4) is 0 Å². The first-order chi connectivity index (χ1) is 29.5. The van der Waals surface area contributed by atoms with Gasteiger partial charge in [0.05, 0.1) is 6.04 Å². The van der Waals surface area contributed by atoms with Crippen molar-refractivity contribution in [2.24, 2.45) is 5.41 Å². The minimum atomic E-state index is -1.47. The summed E-state index contributed by atoms with van der Waals surface area (Å²) in [6.45, 7) is 12.8. The van der Waals surface area contributed by atoms with Crippen LogP contribution in [-0.2, 0) is 47.7 Å². The number of carbonyl (C=O) groups is 5. The van der Waals surface area contributed by atoms with Gasteiger partial charge in [0.25, 0.3) is 0 Å². The molecule has 1 saturated heterocycles. The van der Waals surface area contributed by atoms with E-state index in [0.717, 1.165) is 39.5 Å². The van der Waals surface area contributed by atoms with Gasteiger partial charge in [0.1, 0.15) is 25.0 Å². The molecule has 0 aromatic carbocycles. The highest BCUT2D eigenvalue weighted by Gasteiger charge is 2.52. The van der Waals surface area contributed by atoms with Gasteiger partial charge in [-0.2, -0.15) is 0 Å². The van der Waals surface area contributed by atoms with Gasteiger partial charge in [-0.1, -0.05) is 169 Å². The lowest BCUT2D eigenvalue weighted by molar-refractivity contribution is -0.254. The molecule has 0 aromatic rings. The first-order valence-corrected chi connectivity index (χ1v) is 24.8. The topological polar surface area (TPSA) is 144 Å². The van der Waals surface area contributed by atoms with Gasteiger partial charge in [-0.3, -0.25) is 24.0 Å². The van der Waals surface area contributed by atoms with Crippen molar-refractivity contribution in [3.63, 3.8) is 0 Å². The van der Waals surface area contributed by atoms with Gasteiger partial charge in [0, 0.05) is 40.5 Å². The third kappa shape index (κ3) is 29.6. The summed E-state index contributed by atoms with van der Waals surface area (Å²) in [5.41, 5.74) is -0.0101. The van der Waals surface area contributed by atoms with Crippen LogP contribution >= 0.6 is 0 Å². The van der Waals surface area contributed by atoms with Gasteiger partial charge in [0.2, 0.25) is 5.91 Å². The number of unbranched alkanes of at least 4 members (excludes halogenated alkanes) is 22. The molecule has 62 heavy (non-hydrogen) atoms. The Balaban J connectivity index is 2.62. The minimum Gasteiger partial charge on any atom is -0.463 e. The Morgan fingerprint density at radius 3 is 1.32 bits per heavy atom. The summed E-state index contributed by atoms with van der Waals surface area (Å²) in [5, 5.41) is 2.90. The summed E-state index contributed by atoms with van der Waals surface area (Å²) in [6, 6.07) is -1.03. The number of halogens is 1. The molecule has 0 radical (unpaired) electrons. The van der Waals surface area contributed by atoms with Crippen molar-refractivity contribution in [2.45, 2.75) is 278 Å². The van der Waals surface area contributed by atoms with Crippen molar-refractivity contribution in [3.05, 3.63) is 0 Å². The van der Waals surface area contributed by atoms with Gasteiger partial charge >= 0.3 is 23.9 Å². The van der Waals surface area contributed by atoms with E-state index in [-0.39, 0.29) is 37.2 Å². The molecule has 1 aliphatic rings. The summed E-state index contributed by atoms with van der Waals surface area (Å²) < 4.78 is 44.4. The molecule has 12 heteroatoms. The van der Waals surface area contributed by atoms with E-state index in [1.165, 1.54) is 136 Å². The molecular formula is C50H90FNO10. The highest BCUT2D eigenvalue weighted by Crippen LogP contribution is 2.33. The normalized spacial score (nSPS) is 19.9. The van der Waals surface area contributed by atoms with Gasteiger partial charge in [-0.25, -0.2) is 4.39 Å². The van der Waals surface area contributed by atoms with Crippen LogP contribution < -0.4 is 5.32 Å². The molecule has 1 rings (SSSR count). The van der Waals surface area contributed by atoms with Crippen molar-refractivity contribution < 1.29 is 52.0 Å². The van der Waals surface area contributed by atoms with E-state index in [1.54, 1.807) is 0 Å². The van der Waals surface area contributed by atoms with Gasteiger partial charge in [-0.05, 0) is 31.1 Å². The average molecular weight is 884 g/mol. The summed E-state index contributed by atoms with van der Waals surface area (Å²) in [7, 11) is 0. The molecule has 1 amide bonds. The number of hydrogen-bond donors (Lipinski definition) is 1. The Hall–Kier alpha value is -2.76. The molecule has 0 spiro atoms. The molecule has 7 atom stereocenters. The standard InChI is InChI=1S/C50H90FNO10/c1-9-10-11-12-13-14-15-16-17-18-19-20-21-22-23-24-25-26-27-28-29-30-31-34-46(57)52-43(42(51)33-32-35-50(6,7)8)36-44-47(59-39(3)54)49(61-41(5)56)48(60-40(4)55)45(62-44)37-58-38(2)53/h42-45,47-49H,9-37H2,1-8H3,(H,52,57)/t42-,43-,44?,45-,47+,48+,49-/m1/s1. The molecule has 1 unspecified atom stereocenters. The van der Waals surface area contributed by atoms with E-state index < -0.39 is 66.6 Å². The van der Waals surface area contributed by atoms with Crippen molar-refractivity contribution in [1.82, 2.24) is 5.32 Å². The predicted octanol–water partition coefficient (Wildman–Crippen LogP) is 11.9. The van der Waals surface area contributed by atoms with E-state index >= 15 is 4.39 Å². The van der Waals surface area contributed by atoms with Crippen LogP contribution in [0.25, 0.3) is 0 Å². The average Bonchev–Trinajstić information content (AvgIpc) is 3.18. The van der Waals surface area contributed by atoms with Crippen molar-refractivity contribution in [2.75, 3.05) is 6.61 Å². The molecule has 1 N–H and O–H groups in total. The lowest BCUT2D eigenvalue weighted by Gasteiger charge is -2.45. The van der Waals surface area contributed by atoms with Crippen LogP contribution in [0.4, 0.5) is 4.39 Å². The Kier molecular flexibility index (Phi) is 32.0. The van der Waals surface area contributed by atoms with E-state index in [1.807, 2.05) is 0 Å². The lowest BCUT2D eigenvalue weighted by Crippen LogP contribution is -2.63. The SMILES string of the molecule is CCCCCCCCCCCCCCCCCCCCCCCCCC(=O)N[C@H](CC1O[C@H](COC(C)=O)[C@H](OC(C)=O)[C@H](OC(C)=O)[C@H]1OC(C)=O)[C@H](F)CCCC(C)(C)C. The molecule has 0 saturated carbocycles. The van der Waals surface area contributed by atoms with Gasteiger partial charge in [0.15, 0.2) is 18.3 Å². The second kappa shape index (κ2) is 34.6. The van der Waals surface area contributed by atoms with E-state index in [0.29, 0.717) is 12.8 Å². The second-order valence-corrected chi connectivity index (χ2v) is 19.1. The van der Waals surface area contributed by atoms with Crippen molar-refractivity contribution in [1.29, 1.82) is 0 Å². The summed E-state index contributed by atoms with van der Waals surface area (Å²) in [4.78, 5) is 62.0. The lowest BCUT2D eigenvalue weighted by atomic mass is 9.87. The summed E-state index contributed by atoms with van der Waals surface area (Å²) >= 11 is 0. The fourth-order valence-electron chi connectivity index (χ4n) is 8.43. The van der Waals surface area contributed by atoms with Crippen LogP contribution in [0.15, 0.2) is 0 Å². The molecule has 1 heterocycles. The van der Waals surface area contributed by atoms with Gasteiger partial charge in [-0.15, -0.1) is 0 Å². The number of rotatable bonds is 36. The predicted molar refractivity (Wildman–Crippen MR) is 243 cm³/mol. The van der Waals surface area contributed by atoms with E-state index in [9.17, 15) is 24.0 Å². The zero-order chi connectivity index (χ0) is 46.2. The highest BCUT2D eigenvalue weighted by molar-refractivity contribution is 5.76. The molecule has 11 nitrogen and oxygen atoms in total. The Labute approximate surface area is 376 Å². The number of esters is 4. The maximum Gasteiger partial charge on any atom is 0.303 e. The Morgan fingerprint density at radius 1 is 0.548 bits per heavy atom. The number of nitrogens with one attached hydrogen (secondary N) is 1. The van der Waals surface area contributed by atoms with Crippen LogP contribution in [0.5, 0.6) is 0 Å². The number of amides is 1. The molecular weight excluding hydrogens is 794 g/mol. The van der Waals surface area contributed by atoms with Gasteiger partial charge < -0.3 is 29.0 Å². The Bertz CT molecular complexity index is 1220. The monoisotopic (exact) mass is 884 g/mol. The zero-order valence-corrected chi connectivity index (χ0v) is 40.5. The quantitative estimate of drug-likeness (QED) is 0.0367. The zero-order valence-electron chi connectivity index (χ0n) is 40.5. The Morgan fingerprint density at radius 2 is 0.935 bits per heavy atom. The largest absolute Gasteiger partial charge is 0.463 e. The minimum absolute atomic E-state index is 0.0101. The summed E-state index contributed by atoms with van der Waals surface area (Å²) in [5.74, 6) is -3.13. The maximum atomic E-state index is 16.3. The maximum absolute atomic E-state index is 16.3. The van der Waals surface area contributed by atoms with E-state index in [4.69, 9.17) is 23.7 Å². The smallest absolute Gasteiger partial charge is 0.303 e. The number of carbonyl (C=O) groups excluding carboxylic acids is 5. The van der Waals surface area contributed by atoms with Crippen molar-refractivity contribution in [3.8, 4) is 0 Å². The fraction of sp³-hybridized carbons (Fsp3) is 0.900. The molecule has 1 aliphatic heterocycles. The fourth-order valence-corrected chi connectivity index (χ4v) is 8.43. The third-order valence-electron chi connectivity index (χ3n) is 11.8. The molecule has 0 bridgehead atoms. The first kappa shape index (κ1) is 57.3. The third-order valence-corrected chi connectivity index (χ3v) is 11.8. The molecule has 1 fully saturated rings. The number of hydrogen-bond acceptors (Lipinski definition) is 10. The van der Waals surface area contributed by atoms with Crippen LogP contribution in [-0.4, -0.2) is 79.1 Å². The van der Waals surface area contributed by atoms with Crippen LogP contribution in [0.1, 0.15) is 235 Å². The summed E-state index contributed by atoms with van der Waals surface area (Å²) in [6.07, 6.45) is 23.5. The first-order valence-electron chi connectivity index (χ1n) is 24.8. The molecule has 0 aliphatic carbocycles. The number of alkyl halides is 1. The molecule has 362 valence electrons. The number of ether oxygens (including phenoxy) is 5. The van der Waals surface area contributed by atoms with Crippen LogP contribution in [0, 0.1) is 5.41 Å². The van der Waals surface area contributed by atoms with Crippen molar-refractivity contribution >= 4 is 29.8 Å².